The van der Waals surface area contributed by atoms with Gasteiger partial charge in [0, 0.05) is 0 Å². The SMILES string of the molecule is O=C(O)C(O)/C(=C\O)OO. The van der Waals surface area contributed by atoms with Crippen LogP contribution in [-0.4, -0.2) is 32.7 Å². The van der Waals surface area contributed by atoms with Gasteiger partial charge < -0.3 is 20.2 Å². The Morgan fingerprint density at radius 3 is 2.20 bits per heavy atom. The number of rotatable bonds is 3. The predicted molar refractivity (Wildman–Crippen MR) is 28.1 cm³/mol. The molecular formula is C4H6O6. The molecule has 0 aromatic carbocycles. The lowest BCUT2D eigenvalue weighted by atomic mass is 10.3. The van der Waals surface area contributed by atoms with E-state index >= 15 is 0 Å². The van der Waals surface area contributed by atoms with E-state index in [0.29, 0.717) is 0 Å². The van der Waals surface area contributed by atoms with Gasteiger partial charge in [0.2, 0.25) is 11.9 Å². The largest absolute Gasteiger partial charge is 0.512 e. The van der Waals surface area contributed by atoms with E-state index in [4.69, 9.17) is 20.6 Å². The molecule has 0 aromatic rings. The summed E-state index contributed by atoms with van der Waals surface area (Å²) in [5.74, 6) is -2.47. The van der Waals surface area contributed by atoms with Gasteiger partial charge in [-0.3, -0.25) is 0 Å². The van der Waals surface area contributed by atoms with Gasteiger partial charge in [-0.05, 0) is 0 Å². The van der Waals surface area contributed by atoms with Gasteiger partial charge in [-0.15, -0.1) is 0 Å². The fourth-order valence-corrected chi connectivity index (χ4v) is 0.266. The Morgan fingerprint density at radius 1 is 1.60 bits per heavy atom. The van der Waals surface area contributed by atoms with Crippen molar-refractivity contribution in [1.29, 1.82) is 0 Å². The Hall–Kier alpha value is -1.27. The Kier molecular flexibility index (Phi) is 3.23. The molecule has 6 nitrogen and oxygen atoms in total. The summed E-state index contributed by atoms with van der Waals surface area (Å²) in [6.45, 7) is 0. The van der Waals surface area contributed by atoms with E-state index in [-0.39, 0.29) is 6.26 Å². The summed E-state index contributed by atoms with van der Waals surface area (Å²) >= 11 is 0. The molecule has 58 valence electrons. The maximum absolute atomic E-state index is 9.87. The van der Waals surface area contributed by atoms with Crippen LogP contribution in [0.3, 0.4) is 0 Å². The van der Waals surface area contributed by atoms with E-state index in [2.05, 4.69) is 4.89 Å². The lowest BCUT2D eigenvalue weighted by Crippen LogP contribution is -2.23. The number of aliphatic hydroxyl groups is 2. The smallest absolute Gasteiger partial charge is 0.340 e. The maximum Gasteiger partial charge on any atom is 0.340 e. The molecule has 1 unspecified atom stereocenters. The van der Waals surface area contributed by atoms with Gasteiger partial charge in [-0.25, -0.2) is 10.1 Å². The van der Waals surface area contributed by atoms with Gasteiger partial charge in [0.1, 0.15) is 6.26 Å². The fraction of sp³-hybridized carbons (Fsp3) is 0.250. The van der Waals surface area contributed by atoms with E-state index in [0.717, 1.165) is 0 Å². The van der Waals surface area contributed by atoms with E-state index in [1.54, 1.807) is 0 Å². The van der Waals surface area contributed by atoms with E-state index in [9.17, 15) is 4.79 Å². The molecule has 4 N–H and O–H groups in total. The zero-order valence-corrected chi connectivity index (χ0v) is 4.76. The summed E-state index contributed by atoms with van der Waals surface area (Å²) in [6.07, 6.45) is -1.89. The molecule has 0 saturated heterocycles. The second-order valence-corrected chi connectivity index (χ2v) is 1.36. The van der Waals surface area contributed by atoms with Crippen LogP contribution in [0.4, 0.5) is 0 Å². The zero-order chi connectivity index (χ0) is 8.15. The number of carboxylic acid groups (broad SMARTS) is 1. The Morgan fingerprint density at radius 2 is 2.10 bits per heavy atom. The summed E-state index contributed by atoms with van der Waals surface area (Å²) in [7, 11) is 0. The second-order valence-electron chi connectivity index (χ2n) is 1.36. The summed E-state index contributed by atoms with van der Waals surface area (Å²) in [5.41, 5.74) is 0. The van der Waals surface area contributed by atoms with E-state index < -0.39 is 17.8 Å². The Bertz CT molecular complexity index is 150. The van der Waals surface area contributed by atoms with Gasteiger partial charge in [0.05, 0.1) is 0 Å². The number of carboxylic acids is 1. The highest BCUT2D eigenvalue weighted by molar-refractivity contribution is 5.75. The van der Waals surface area contributed by atoms with Crippen molar-refractivity contribution < 1.29 is 30.3 Å². The molecule has 0 saturated carbocycles. The highest BCUT2D eigenvalue weighted by Gasteiger charge is 2.21. The lowest BCUT2D eigenvalue weighted by molar-refractivity contribution is -0.220. The molecule has 0 rings (SSSR count). The number of hydrogen-bond acceptors (Lipinski definition) is 5. The van der Waals surface area contributed by atoms with Crippen molar-refractivity contribution in [3.05, 3.63) is 12.0 Å². The molecule has 0 spiro atoms. The Balaban J connectivity index is 4.17. The van der Waals surface area contributed by atoms with Crippen LogP contribution in [0, 0.1) is 0 Å². The summed E-state index contributed by atoms with van der Waals surface area (Å²) in [6, 6.07) is 0. The average molecular weight is 150 g/mol. The molecule has 10 heavy (non-hydrogen) atoms. The summed E-state index contributed by atoms with van der Waals surface area (Å²) < 4.78 is 0. The van der Waals surface area contributed by atoms with Crippen LogP contribution in [0.1, 0.15) is 0 Å². The van der Waals surface area contributed by atoms with Crippen molar-refractivity contribution >= 4 is 5.97 Å². The van der Waals surface area contributed by atoms with Crippen LogP contribution >= 0.6 is 0 Å². The Labute approximate surface area is 55.5 Å². The molecule has 0 aliphatic heterocycles. The minimum absolute atomic E-state index is 0.152. The number of carbonyl (C=O) groups is 1. The number of aliphatic carboxylic acids is 1. The third kappa shape index (κ3) is 1.92. The third-order valence-electron chi connectivity index (χ3n) is 0.736. The van der Waals surface area contributed by atoms with Crippen LogP contribution in [0.2, 0.25) is 0 Å². The van der Waals surface area contributed by atoms with Crippen molar-refractivity contribution in [1.82, 2.24) is 0 Å². The third-order valence-corrected chi connectivity index (χ3v) is 0.736. The quantitative estimate of drug-likeness (QED) is 0.241. The summed E-state index contributed by atoms with van der Waals surface area (Å²) in [5, 5.41) is 32.4. The standard InChI is InChI=1S/C4H6O6/c5-1-2(10-9)3(6)4(7)8/h1,3,5-6,9H,(H,7,8)/b2-1+. The number of hydrogen-bond donors (Lipinski definition) is 4. The molecule has 6 heteroatoms. The van der Waals surface area contributed by atoms with Crippen LogP contribution in [0.15, 0.2) is 12.0 Å². The minimum Gasteiger partial charge on any atom is -0.512 e. The van der Waals surface area contributed by atoms with E-state index in [1.165, 1.54) is 0 Å². The molecule has 1 atom stereocenters. The molecule has 0 heterocycles. The van der Waals surface area contributed by atoms with Crippen molar-refractivity contribution in [2.45, 2.75) is 6.10 Å². The molecular weight excluding hydrogens is 144 g/mol. The highest BCUT2D eigenvalue weighted by atomic mass is 17.1. The van der Waals surface area contributed by atoms with Crippen molar-refractivity contribution in [3.63, 3.8) is 0 Å². The maximum atomic E-state index is 9.87. The summed E-state index contributed by atoms with van der Waals surface area (Å²) in [4.78, 5) is 13.2. The van der Waals surface area contributed by atoms with Crippen molar-refractivity contribution in [2.75, 3.05) is 0 Å². The normalized spacial score (nSPS) is 14.4. The monoisotopic (exact) mass is 150 g/mol. The van der Waals surface area contributed by atoms with Gasteiger partial charge >= 0.3 is 5.97 Å². The molecule has 0 amide bonds. The van der Waals surface area contributed by atoms with Crippen LogP contribution < -0.4 is 0 Å². The highest BCUT2D eigenvalue weighted by Crippen LogP contribution is 2.00. The molecule has 0 aromatic heterocycles. The van der Waals surface area contributed by atoms with Crippen molar-refractivity contribution in [2.24, 2.45) is 0 Å². The number of aliphatic hydroxyl groups excluding tert-OH is 2. The molecule has 0 bridgehead atoms. The van der Waals surface area contributed by atoms with Crippen LogP contribution in [0.25, 0.3) is 0 Å². The first kappa shape index (κ1) is 8.73. The van der Waals surface area contributed by atoms with Gasteiger partial charge in [-0.2, -0.15) is 0 Å². The topological polar surface area (TPSA) is 107 Å². The molecule has 0 radical (unpaired) electrons. The zero-order valence-electron chi connectivity index (χ0n) is 4.76. The first-order valence-corrected chi connectivity index (χ1v) is 2.20. The first-order chi connectivity index (χ1) is 4.63. The van der Waals surface area contributed by atoms with Gasteiger partial charge in [0.25, 0.3) is 0 Å². The van der Waals surface area contributed by atoms with Gasteiger partial charge in [-0.1, -0.05) is 0 Å². The average Bonchev–Trinajstić information content (AvgIpc) is 1.90. The van der Waals surface area contributed by atoms with Crippen LogP contribution in [-0.2, 0) is 9.68 Å². The molecule has 0 aliphatic carbocycles. The predicted octanol–water partition coefficient (Wildman–Crippen LogP) is -0.679. The second kappa shape index (κ2) is 3.70. The fourth-order valence-electron chi connectivity index (χ4n) is 0.266. The minimum atomic E-state index is -2.05. The van der Waals surface area contributed by atoms with Crippen molar-refractivity contribution in [3.8, 4) is 0 Å². The van der Waals surface area contributed by atoms with E-state index in [1.807, 2.05) is 0 Å². The molecule has 0 aliphatic rings. The van der Waals surface area contributed by atoms with Crippen LogP contribution in [0.5, 0.6) is 0 Å². The molecule has 0 fully saturated rings. The lowest BCUT2D eigenvalue weighted by Gasteiger charge is -2.03. The van der Waals surface area contributed by atoms with Gasteiger partial charge in [0.15, 0.2) is 0 Å². The first-order valence-electron chi connectivity index (χ1n) is 2.20.